The molecule has 2 aromatic rings. The van der Waals surface area contributed by atoms with Crippen molar-refractivity contribution >= 4 is 0 Å². The fourth-order valence-corrected chi connectivity index (χ4v) is 1.56. The van der Waals surface area contributed by atoms with E-state index >= 15 is 0 Å². The first-order chi connectivity index (χ1) is 9.44. The fraction of sp³-hybridized carbons (Fsp3) is 0.143. The zero-order valence-corrected chi connectivity index (χ0v) is 10.2. The average Bonchev–Trinajstić information content (AvgIpc) is 2.37. The minimum absolute atomic E-state index is 0.0935. The maximum Gasteiger partial charge on any atom is 0.573 e. The number of hydrogen-bond donors (Lipinski definition) is 1. The highest BCUT2D eigenvalue weighted by Gasteiger charge is 2.32. The number of rotatable bonds is 4. The Morgan fingerprint density at radius 1 is 0.950 bits per heavy atom. The van der Waals surface area contributed by atoms with Crippen LogP contribution in [0.1, 0.15) is 5.56 Å². The third-order valence-corrected chi connectivity index (χ3v) is 2.39. The number of phenols is 1. The molecule has 6 heteroatoms. The molecule has 1 N–H and O–H groups in total. The van der Waals surface area contributed by atoms with Crippen LogP contribution in [0.4, 0.5) is 13.2 Å². The molecule has 0 aromatic heterocycles. The largest absolute Gasteiger partial charge is 0.573 e. The lowest BCUT2D eigenvalue weighted by molar-refractivity contribution is -0.275. The van der Waals surface area contributed by atoms with Gasteiger partial charge in [-0.1, -0.05) is 30.3 Å². The summed E-state index contributed by atoms with van der Waals surface area (Å²) in [6.45, 7) is 0.0971. The summed E-state index contributed by atoms with van der Waals surface area (Å²) in [5, 5.41) is 9.22. The predicted molar refractivity (Wildman–Crippen MR) is 65.6 cm³/mol. The summed E-state index contributed by atoms with van der Waals surface area (Å²) < 4.78 is 45.9. The number of hydrogen-bond acceptors (Lipinski definition) is 3. The molecule has 3 nitrogen and oxygen atoms in total. The Balaban J connectivity index is 2.14. The lowest BCUT2D eigenvalue weighted by Crippen LogP contribution is -2.17. The predicted octanol–water partition coefficient (Wildman–Crippen LogP) is 3.87. The maximum atomic E-state index is 12.3. The first-order valence-electron chi connectivity index (χ1n) is 5.69. The smallest absolute Gasteiger partial charge is 0.508 e. The van der Waals surface area contributed by atoms with E-state index in [0.29, 0.717) is 0 Å². The molecule has 0 aliphatic heterocycles. The SMILES string of the molecule is Oc1ccc(OCc2ccccc2)c(OC(F)(F)F)c1. The van der Waals surface area contributed by atoms with Crippen LogP contribution in [-0.4, -0.2) is 11.5 Å². The van der Waals surface area contributed by atoms with E-state index in [9.17, 15) is 18.3 Å². The lowest BCUT2D eigenvalue weighted by atomic mass is 10.2. The summed E-state index contributed by atoms with van der Waals surface area (Å²) in [6.07, 6.45) is -4.85. The van der Waals surface area contributed by atoms with Gasteiger partial charge in [-0.05, 0) is 17.7 Å². The quantitative estimate of drug-likeness (QED) is 0.926. The van der Waals surface area contributed by atoms with Gasteiger partial charge in [0.25, 0.3) is 0 Å². The van der Waals surface area contributed by atoms with Gasteiger partial charge in [0, 0.05) is 6.07 Å². The number of phenolic OH excluding ortho intramolecular Hbond substituents is 1. The summed E-state index contributed by atoms with van der Waals surface area (Å²) in [5.41, 5.74) is 0.804. The zero-order valence-electron chi connectivity index (χ0n) is 10.2. The van der Waals surface area contributed by atoms with Crippen LogP contribution in [0, 0.1) is 0 Å². The van der Waals surface area contributed by atoms with Crippen molar-refractivity contribution in [2.75, 3.05) is 0 Å². The van der Waals surface area contributed by atoms with Crippen LogP contribution in [0.2, 0.25) is 0 Å². The Morgan fingerprint density at radius 3 is 2.30 bits per heavy atom. The van der Waals surface area contributed by atoms with Gasteiger partial charge in [-0.25, -0.2) is 0 Å². The Kier molecular flexibility index (Phi) is 4.02. The zero-order chi connectivity index (χ0) is 14.6. The molecule has 0 saturated heterocycles. The first kappa shape index (κ1) is 14.0. The molecule has 0 unspecified atom stereocenters. The average molecular weight is 284 g/mol. The summed E-state index contributed by atoms with van der Waals surface area (Å²) in [4.78, 5) is 0. The molecular weight excluding hydrogens is 273 g/mol. The van der Waals surface area contributed by atoms with Crippen molar-refractivity contribution in [3.63, 3.8) is 0 Å². The topological polar surface area (TPSA) is 38.7 Å². The second kappa shape index (κ2) is 5.73. The van der Waals surface area contributed by atoms with Gasteiger partial charge in [0.2, 0.25) is 0 Å². The first-order valence-corrected chi connectivity index (χ1v) is 5.69. The normalized spacial score (nSPS) is 11.2. The van der Waals surface area contributed by atoms with E-state index in [1.165, 1.54) is 12.1 Å². The van der Waals surface area contributed by atoms with E-state index in [1.807, 2.05) is 6.07 Å². The molecule has 0 saturated carbocycles. The third-order valence-electron chi connectivity index (χ3n) is 2.39. The van der Waals surface area contributed by atoms with Crippen LogP contribution in [-0.2, 0) is 6.61 Å². The molecule has 0 heterocycles. The van der Waals surface area contributed by atoms with Crippen molar-refractivity contribution in [3.05, 3.63) is 54.1 Å². The molecule has 0 aliphatic carbocycles. The van der Waals surface area contributed by atoms with Crippen LogP contribution >= 0.6 is 0 Å². The van der Waals surface area contributed by atoms with E-state index in [4.69, 9.17) is 4.74 Å². The van der Waals surface area contributed by atoms with Crippen molar-refractivity contribution in [1.29, 1.82) is 0 Å². The third kappa shape index (κ3) is 4.08. The monoisotopic (exact) mass is 284 g/mol. The standard InChI is InChI=1S/C14H11F3O3/c15-14(16,17)20-13-8-11(18)6-7-12(13)19-9-10-4-2-1-3-5-10/h1-8,18H,9H2. The molecule has 0 aliphatic rings. The molecule has 0 amide bonds. The Bertz CT molecular complexity index is 568. The minimum atomic E-state index is -4.85. The van der Waals surface area contributed by atoms with Crippen LogP contribution in [0.3, 0.4) is 0 Å². The molecule has 0 atom stereocenters. The highest BCUT2D eigenvalue weighted by molar-refractivity contribution is 5.45. The van der Waals surface area contributed by atoms with Gasteiger partial charge in [0.1, 0.15) is 12.4 Å². The van der Waals surface area contributed by atoms with Gasteiger partial charge in [-0.2, -0.15) is 0 Å². The Hall–Kier alpha value is -2.37. The molecule has 106 valence electrons. The van der Waals surface area contributed by atoms with Gasteiger partial charge in [-0.3, -0.25) is 0 Å². The van der Waals surface area contributed by atoms with E-state index in [2.05, 4.69) is 4.74 Å². The van der Waals surface area contributed by atoms with E-state index in [1.54, 1.807) is 24.3 Å². The Morgan fingerprint density at radius 2 is 1.65 bits per heavy atom. The summed E-state index contributed by atoms with van der Waals surface area (Å²) in [6, 6.07) is 12.3. The number of alkyl halides is 3. The van der Waals surface area contributed by atoms with Gasteiger partial charge in [0.15, 0.2) is 11.5 Å². The van der Waals surface area contributed by atoms with Gasteiger partial charge in [0.05, 0.1) is 0 Å². The molecule has 0 fully saturated rings. The van der Waals surface area contributed by atoms with E-state index in [-0.39, 0.29) is 18.1 Å². The minimum Gasteiger partial charge on any atom is -0.508 e. The number of aromatic hydroxyl groups is 1. The van der Waals surface area contributed by atoms with E-state index in [0.717, 1.165) is 11.6 Å². The molecule has 0 bridgehead atoms. The summed E-state index contributed by atoms with van der Waals surface area (Å²) in [7, 11) is 0. The number of halogens is 3. The molecule has 2 rings (SSSR count). The van der Waals surface area contributed by atoms with Crippen LogP contribution in [0.25, 0.3) is 0 Å². The highest BCUT2D eigenvalue weighted by Crippen LogP contribution is 2.35. The second-order valence-corrected chi connectivity index (χ2v) is 3.95. The molecular formula is C14H11F3O3. The van der Waals surface area contributed by atoms with Crippen molar-refractivity contribution in [1.82, 2.24) is 0 Å². The van der Waals surface area contributed by atoms with Crippen LogP contribution in [0.15, 0.2) is 48.5 Å². The lowest BCUT2D eigenvalue weighted by Gasteiger charge is -2.14. The number of benzene rings is 2. The molecule has 2 aromatic carbocycles. The molecule has 0 spiro atoms. The highest BCUT2D eigenvalue weighted by atomic mass is 19.4. The van der Waals surface area contributed by atoms with Crippen molar-refractivity contribution in [2.45, 2.75) is 13.0 Å². The second-order valence-electron chi connectivity index (χ2n) is 3.95. The fourth-order valence-electron chi connectivity index (χ4n) is 1.56. The maximum absolute atomic E-state index is 12.3. The molecule has 0 radical (unpaired) electrons. The van der Waals surface area contributed by atoms with Crippen molar-refractivity contribution < 1.29 is 27.8 Å². The number of ether oxygens (including phenoxy) is 2. The van der Waals surface area contributed by atoms with Gasteiger partial charge in [-0.15, -0.1) is 13.2 Å². The summed E-state index contributed by atoms with van der Waals surface area (Å²) >= 11 is 0. The van der Waals surface area contributed by atoms with Crippen LogP contribution < -0.4 is 9.47 Å². The molecule has 20 heavy (non-hydrogen) atoms. The Labute approximate surface area is 113 Å². The van der Waals surface area contributed by atoms with Crippen molar-refractivity contribution in [2.24, 2.45) is 0 Å². The van der Waals surface area contributed by atoms with Crippen LogP contribution in [0.5, 0.6) is 17.2 Å². The van der Waals surface area contributed by atoms with Gasteiger partial charge >= 0.3 is 6.36 Å². The van der Waals surface area contributed by atoms with Gasteiger partial charge < -0.3 is 14.6 Å². The summed E-state index contributed by atoms with van der Waals surface area (Å²) in [5.74, 6) is -1.01. The van der Waals surface area contributed by atoms with Crippen molar-refractivity contribution in [3.8, 4) is 17.2 Å². The van der Waals surface area contributed by atoms with E-state index < -0.39 is 12.1 Å².